The third kappa shape index (κ3) is 3.78. The van der Waals surface area contributed by atoms with Crippen molar-refractivity contribution >= 4 is 23.0 Å². The van der Waals surface area contributed by atoms with Crippen molar-refractivity contribution in [3.63, 3.8) is 0 Å². The topological polar surface area (TPSA) is 105 Å². The number of pyridine rings is 2. The molecule has 6 heterocycles. The van der Waals surface area contributed by atoms with E-state index in [1.165, 1.54) is 0 Å². The van der Waals surface area contributed by atoms with Gasteiger partial charge in [-0.05, 0) is 30.2 Å². The summed E-state index contributed by atoms with van der Waals surface area (Å²) >= 11 is 0. The van der Waals surface area contributed by atoms with Crippen molar-refractivity contribution in [2.75, 3.05) is 36.4 Å². The van der Waals surface area contributed by atoms with E-state index in [1.54, 1.807) is 10.5 Å². The van der Waals surface area contributed by atoms with Crippen LogP contribution in [0, 0.1) is 12.7 Å². The van der Waals surface area contributed by atoms with Crippen LogP contribution in [0.25, 0.3) is 11.2 Å². The van der Waals surface area contributed by atoms with Gasteiger partial charge in [-0.3, -0.25) is 5.32 Å². The van der Waals surface area contributed by atoms with Crippen molar-refractivity contribution in [1.82, 2.24) is 35.0 Å². The van der Waals surface area contributed by atoms with Gasteiger partial charge < -0.3 is 19.9 Å². The lowest BCUT2D eigenvalue weighted by atomic mass is 9.91. The van der Waals surface area contributed by atoms with Gasteiger partial charge in [-0.2, -0.15) is 0 Å². The van der Waals surface area contributed by atoms with E-state index in [0.29, 0.717) is 18.1 Å². The predicted molar refractivity (Wildman–Crippen MR) is 135 cm³/mol. The van der Waals surface area contributed by atoms with Crippen LogP contribution in [-0.4, -0.2) is 56.6 Å². The van der Waals surface area contributed by atoms with Gasteiger partial charge in [0.1, 0.15) is 5.82 Å². The number of anilines is 2. The van der Waals surface area contributed by atoms with E-state index < -0.39 is 0 Å². The summed E-state index contributed by atoms with van der Waals surface area (Å²) in [6, 6.07) is 6.07. The van der Waals surface area contributed by atoms with Crippen LogP contribution in [0.1, 0.15) is 34.1 Å². The largest absolute Gasteiger partial charge is 0.354 e. The molecule has 2 aliphatic heterocycles. The van der Waals surface area contributed by atoms with Crippen LogP contribution in [0.5, 0.6) is 0 Å². The Hall–Kier alpha value is -3.89. The van der Waals surface area contributed by atoms with Crippen LogP contribution >= 0.6 is 0 Å². The lowest BCUT2D eigenvalue weighted by Crippen LogP contribution is -2.43. The Bertz CT molecular complexity index is 1490. The fraction of sp³-hybridized carbons (Fsp3) is 0.308. The van der Waals surface area contributed by atoms with Crippen molar-refractivity contribution in [3.8, 4) is 0 Å². The van der Waals surface area contributed by atoms with Gasteiger partial charge in [-0.15, -0.1) is 0 Å². The zero-order valence-electron chi connectivity index (χ0n) is 19.9. The molecule has 182 valence electrons. The van der Waals surface area contributed by atoms with Crippen LogP contribution in [0.3, 0.4) is 0 Å². The van der Waals surface area contributed by atoms with Crippen molar-refractivity contribution in [3.05, 3.63) is 83.0 Å². The predicted octanol–water partition coefficient (Wildman–Crippen LogP) is 2.45. The van der Waals surface area contributed by atoms with E-state index >= 15 is 0 Å². The number of aromatic nitrogens is 5. The van der Waals surface area contributed by atoms with Crippen molar-refractivity contribution in [2.24, 2.45) is 0 Å². The number of rotatable bonds is 5. The summed E-state index contributed by atoms with van der Waals surface area (Å²) in [6.45, 7) is 6.37. The molecule has 3 aliphatic rings. The molecule has 7 rings (SSSR count). The summed E-state index contributed by atoms with van der Waals surface area (Å²) < 4.78 is 16.5. The van der Waals surface area contributed by atoms with Crippen molar-refractivity contribution < 1.29 is 4.39 Å². The zero-order valence-corrected chi connectivity index (χ0v) is 19.9. The standard InChI is InChI=1S/C26H26FN9/c1-15-13-36-14-17(8-20(27)25(36)32-15)18-9-21-24(33-21)23-19(18)12-31-26(34-23)30-11-16-2-3-22(29-10-16)35-6-4-28-5-7-35/h2-3,8-10,12-14,21,24,28,33H,4-7,11H2,1H3,(H,30,31,34). The summed E-state index contributed by atoms with van der Waals surface area (Å²) in [5.41, 5.74) is 5.75. The van der Waals surface area contributed by atoms with Gasteiger partial charge in [-0.25, -0.2) is 24.3 Å². The minimum atomic E-state index is -0.343. The highest BCUT2D eigenvalue weighted by molar-refractivity contribution is 5.84. The molecule has 2 unspecified atom stereocenters. The van der Waals surface area contributed by atoms with Crippen molar-refractivity contribution in [1.29, 1.82) is 0 Å². The van der Waals surface area contributed by atoms with Crippen LogP contribution in [0.4, 0.5) is 16.2 Å². The van der Waals surface area contributed by atoms with E-state index in [0.717, 1.165) is 65.6 Å². The summed E-state index contributed by atoms with van der Waals surface area (Å²) in [7, 11) is 0. The molecule has 1 aliphatic carbocycles. The molecule has 36 heavy (non-hydrogen) atoms. The summed E-state index contributed by atoms with van der Waals surface area (Å²) in [5, 5.41) is 10.2. The van der Waals surface area contributed by atoms with E-state index in [4.69, 9.17) is 4.98 Å². The van der Waals surface area contributed by atoms with Gasteiger partial charge in [0.2, 0.25) is 5.95 Å². The third-order valence-electron chi connectivity index (χ3n) is 7.01. The Morgan fingerprint density at radius 2 is 2.00 bits per heavy atom. The average molecular weight is 484 g/mol. The molecule has 10 heteroatoms. The summed E-state index contributed by atoms with van der Waals surface area (Å²) in [6.07, 6.45) is 9.63. The van der Waals surface area contributed by atoms with E-state index in [-0.39, 0.29) is 17.9 Å². The molecule has 4 aromatic rings. The maximum absolute atomic E-state index is 14.8. The molecular weight excluding hydrogens is 457 g/mol. The SMILES string of the molecule is Cc1cn2cc(C3=CC4NC4c4nc(NCc5ccc(N6CCNCC6)nc5)ncc43)cc(F)c2n1. The first-order chi connectivity index (χ1) is 17.6. The summed E-state index contributed by atoms with van der Waals surface area (Å²) in [5.74, 6) is 1.24. The van der Waals surface area contributed by atoms with Gasteiger partial charge in [0.05, 0.1) is 17.4 Å². The molecule has 3 N–H and O–H groups in total. The lowest BCUT2D eigenvalue weighted by Gasteiger charge is -2.28. The number of imidazole rings is 1. The third-order valence-corrected chi connectivity index (χ3v) is 7.01. The minimum Gasteiger partial charge on any atom is -0.354 e. The lowest BCUT2D eigenvalue weighted by molar-refractivity contribution is 0.585. The number of halogens is 1. The monoisotopic (exact) mass is 483 g/mol. The Morgan fingerprint density at radius 1 is 1.11 bits per heavy atom. The van der Waals surface area contributed by atoms with Gasteiger partial charge in [0, 0.05) is 74.7 Å². The molecule has 2 atom stereocenters. The molecular formula is C26H26FN9. The van der Waals surface area contributed by atoms with Crippen LogP contribution in [0.2, 0.25) is 0 Å². The highest BCUT2D eigenvalue weighted by atomic mass is 19.1. The highest BCUT2D eigenvalue weighted by Gasteiger charge is 2.43. The molecule has 0 spiro atoms. The van der Waals surface area contributed by atoms with Gasteiger partial charge in [0.15, 0.2) is 11.5 Å². The molecule has 0 amide bonds. The van der Waals surface area contributed by atoms with E-state index in [2.05, 4.69) is 54.0 Å². The normalized spacial score (nSPS) is 20.6. The molecule has 0 bridgehead atoms. The second-order valence-electron chi connectivity index (χ2n) is 9.55. The molecule has 0 radical (unpaired) electrons. The Balaban J connectivity index is 1.11. The number of hydrogen-bond donors (Lipinski definition) is 3. The Kier molecular flexibility index (Phi) is 4.96. The fourth-order valence-corrected chi connectivity index (χ4v) is 5.10. The first-order valence-electron chi connectivity index (χ1n) is 12.3. The van der Waals surface area contributed by atoms with Crippen molar-refractivity contribution in [2.45, 2.75) is 25.6 Å². The molecule has 0 saturated carbocycles. The molecule has 0 aromatic carbocycles. The molecule has 2 saturated heterocycles. The smallest absolute Gasteiger partial charge is 0.223 e. The minimum absolute atomic E-state index is 0.163. The average Bonchev–Trinajstić information content (AvgIpc) is 3.60. The maximum atomic E-state index is 14.8. The van der Waals surface area contributed by atoms with E-state index in [9.17, 15) is 4.39 Å². The van der Waals surface area contributed by atoms with Gasteiger partial charge in [0.25, 0.3) is 0 Å². The fourth-order valence-electron chi connectivity index (χ4n) is 5.10. The van der Waals surface area contributed by atoms with Crippen LogP contribution < -0.4 is 20.9 Å². The van der Waals surface area contributed by atoms with Crippen LogP contribution in [0.15, 0.2) is 49.1 Å². The summed E-state index contributed by atoms with van der Waals surface area (Å²) in [4.78, 5) is 20.6. The highest BCUT2D eigenvalue weighted by Crippen LogP contribution is 2.43. The molecule has 4 aromatic heterocycles. The quantitative estimate of drug-likeness (QED) is 0.372. The van der Waals surface area contributed by atoms with Crippen LogP contribution in [-0.2, 0) is 6.54 Å². The number of nitrogens with one attached hydrogen (secondary N) is 3. The second-order valence-corrected chi connectivity index (χ2v) is 9.55. The number of hydrogen-bond acceptors (Lipinski definition) is 8. The number of nitrogens with zero attached hydrogens (tertiary/aromatic N) is 6. The maximum Gasteiger partial charge on any atom is 0.223 e. The van der Waals surface area contributed by atoms with Gasteiger partial charge in [-0.1, -0.05) is 12.1 Å². The number of fused-ring (bicyclic) bond motifs is 4. The Labute approximate surface area is 207 Å². The Morgan fingerprint density at radius 3 is 2.83 bits per heavy atom. The first-order valence-corrected chi connectivity index (χ1v) is 12.3. The number of aryl methyl sites for hydroxylation is 1. The molecule has 9 nitrogen and oxygen atoms in total. The second kappa shape index (κ2) is 8.35. The number of piperazine rings is 1. The zero-order chi connectivity index (χ0) is 24.2. The van der Waals surface area contributed by atoms with E-state index in [1.807, 2.05) is 31.7 Å². The van der Waals surface area contributed by atoms with Gasteiger partial charge >= 0.3 is 0 Å². The first kappa shape index (κ1) is 21.4. The molecule has 2 fully saturated rings.